The molecule has 0 aliphatic carbocycles. The largest absolute Gasteiger partial charge is 0.353 e. The van der Waals surface area contributed by atoms with Crippen LogP contribution in [0.5, 0.6) is 0 Å². The molecule has 7 nitrogen and oxygen atoms in total. The summed E-state index contributed by atoms with van der Waals surface area (Å²) in [7, 11) is 0. The quantitative estimate of drug-likeness (QED) is 0.854. The zero-order valence-corrected chi connectivity index (χ0v) is 13.5. The van der Waals surface area contributed by atoms with Gasteiger partial charge in [-0.05, 0) is 44.9 Å². The normalized spacial score (nSPS) is 16.0. The molecular weight excluding hydrogens is 292 g/mol. The van der Waals surface area contributed by atoms with E-state index in [2.05, 4.69) is 20.3 Å². The highest BCUT2D eigenvalue weighted by Gasteiger charge is 2.22. The average Bonchev–Trinajstić information content (AvgIpc) is 3.03. The summed E-state index contributed by atoms with van der Waals surface area (Å²) >= 11 is 0. The van der Waals surface area contributed by atoms with E-state index in [4.69, 9.17) is 5.73 Å². The summed E-state index contributed by atoms with van der Waals surface area (Å²) in [6, 6.07) is 4.24. The Hall–Kier alpha value is -2.15. The summed E-state index contributed by atoms with van der Waals surface area (Å²) in [5.74, 6) is 0.869. The van der Waals surface area contributed by atoms with Crippen LogP contribution in [-0.2, 0) is 4.79 Å². The lowest BCUT2D eigenvalue weighted by atomic mass is 10.1. The van der Waals surface area contributed by atoms with Crippen LogP contribution < -0.4 is 16.0 Å². The van der Waals surface area contributed by atoms with Gasteiger partial charge in [0.05, 0.1) is 11.2 Å². The minimum atomic E-state index is 0.106. The van der Waals surface area contributed by atoms with Gasteiger partial charge in [0.15, 0.2) is 0 Å². The van der Waals surface area contributed by atoms with E-state index in [1.807, 2.05) is 29.8 Å². The van der Waals surface area contributed by atoms with E-state index in [0.29, 0.717) is 13.0 Å². The van der Waals surface area contributed by atoms with Gasteiger partial charge in [-0.2, -0.15) is 0 Å². The first-order valence-corrected chi connectivity index (χ1v) is 8.24. The maximum absolute atomic E-state index is 11.8. The maximum atomic E-state index is 11.8. The van der Waals surface area contributed by atoms with E-state index in [9.17, 15) is 4.79 Å². The van der Waals surface area contributed by atoms with Crippen LogP contribution in [0.15, 0.2) is 18.3 Å². The Morgan fingerprint density at radius 2 is 2.22 bits per heavy atom. The fourth-order valence-corrected chi connectivity index (χ4v) is 2.99. The second kappa shape index (κ2) is 6.95. The van der Waals surface area contributed by atoms with Gasteiger partial charge in [-0.3, -0.25) is 4.79 Å². The SMILES string of the molecule is Cc1nc(N2CCC(NC(=O)CCCN)CC2)nn2cccc12. The fourth-order valence-electron chi connectivity index (χ4n) is 2.99. The van der Waals surface area contributed by atoms with Crippen LogP contribution in [0.25, 0.3) is 5.52 Å². The first-order chi connectivity index (χ1) is 11.2. The lowest BCUT2D eigenvalue weighted by Gasteiger charge is -2.32. The molecule has 7 heteroatoms. The molecule has 3 heterocycles. The van der Waals surface area contributed by atoms with Crippen molar-refractivity contribution < 1.29 is 4.79 Å². The van der Waals surface area contributed by atoms with Gasteiger partial charge in [0.25, 0.3) is 0 Å². The number of rotatable bonds is 5. The molecule has 1 saturated heterocycles. The van der Waals surface area contributed by atoms with E-state index in [-0.39, 0.29) is 11.9 Å². The number of carbonyl (C=O) groups excluding carboxylic acids is 1. The molecule has 1 amide bonds. The van der Waals surface area contributed by atoms with Gasteiger partial charge in [0.1, 0.15) is 0 Å². The van der Waals surface area contributed by atoms with Crippen molar-refractivity contribution in [1.82, 2.24) is 19.9 Å². The van der Waals surface area contributed by atoms with Crippen LogP contribution in [0.4, 0.5) is 5.95 Å². The van der Waals surface area contributed by atoms with Crippen molar-refractivity contribution >= 4 is 17.4 Å². The molecule has 0 spiro atoms. The third kappa shape index (κ3) is 3.61. The van der Waals surface area contributed by atoms with E-state index in [1.165, 1.54) is 0 Å². The third-order valence-corrected chi connectivity index (χ3v) is 4.31. The number of aryl methyl sites for hydroxylation is 1. The number of fused-ring (bicyclic) bond motifs is 1. The molecule has 0 aromatic carbocycles. The molecule has 0 radical (unpaired) electrons. The maximum Gasteiger partial charge on any atom is 0.243 e. The lowest BCUT2D eigenvalue weighted by Crippen LogP contribution is -2.45. The number of aromatic nitrogens is 3. The van der Waals surface area contributed by atoms with Crippen molar-refractivity contribution in [3.8, 4) is 0 Å². The summed E-state index contributed by atoms with van der Waals surface area (Å²) in [4.78, 5) is 18.6. The number of nitrogens with zero attached hydrogens (tertiary/aromatic N) is 4. The number of nitrogens with one attached hydrogen (secondary N) is 1. The molecule has 3 rings (SSSR count). The van der Waals surface area contributed by atoms with E-state index >= 15 is 0 Å². The topological polar surface area (TPSA) is 88.5 Å². The number of carbonyl (C=O) groups is 1. The summed E-state index contributed by atoms with van der Waals surface area (Å²) in [6.07, 6.45) is 5.04. The molecule has 0 atom stereocenters. The van der Waals surface area contributed by atoms with Gasteiger partial charge in [-0.1, -0.05) is 0 Å². The van der Waals surface area contributed by atoms with Crippen molar-refractivity contribution in [2.75, 3.05) is 24.5 Å². The molecule has 3 N–H and O–H groups in total. The van der Waals surface area contributed by atoms with Gasteiger partial charge < -0.3 is 16.0 Å². The van der Waals surface area contributed by atoms with Crippen molar-refractivity contribution in [3.63, 3.8) is 0 Å². The number of anilines is 1. The number of piperidine rings is 1. The molecule has 2 aromatic heterocycles. The Morgan fingerprint density at radius 1 is 1.43 bits per heavy atom. The Balaban J connectivity index is 1.58. The van der Waals surface area contributed by atoms with Crippen molar-refractivity contribution in [2.45, 2.75) is 38.6 Å². The second-order valence-electron chi connectivity index (χ2n) is 6.06. The molecule has 0 unspecified atom stereocenters. The van der Waals surface area contributed by atoms with E-state index in [0.717, 1.165) is 49.5 Å². The lowest BCUT2D eigenvalue weighted by molar-refractivity contribution is -0.122. The van der Waals surface area contributed by atoms with Crippen molar-refractivity contribution in [1.29, 1.82) is 0 Å². The number of hydrogen-bond donors (Lipinski definition) is 2. The van der Waals surface area contributed by atoms with Gasteiger partial charge >= 0.3 is 0 Å². The molecular formula is C16H24N6O. The van der Waals surface area contributed by atoms with Gasteiger partial charge in [-0.25, -0.2) is 9.50 Å². The standard InChI is InChI=1S/C16H24N6O/c1-12-14-4-3-9-22(14)20-16(18-12)21-10-6-13(7-11-21)19-15(23)5-2-8-17/h3-4,9,13H,2,5-8,10-11,17H2,1H3,(H,19,23). The Labute approximate surface area is 135 Å². The summed E-state index contributed by atoms with van der Waals surface area (Å²) in [5.41, 5.74) is 7.46. The monoisotopic (exact) mass is 316 g/mol. The summed E-state index contributed by atoms with van der Waals surface area (Å²) in [6.45, 7) is 4.28. The van der Waals surface area contributed by atoms with E-state index in [1.54, 1.807) is 0 Å². The predicted octanol–water partition coefficient (Wildman–Crippen LogP) is 0.862. The predicted molar refractivity (Wildman–Crippen MR) is 89.4 cm³/mol. The zero-order valence-electron chi connectivity index (χ0n) is 13.5. The summed E-state index contributed by atoms with van der Waals surface area (Å²) < 4.78 is 1.87. The van der Waals surface area contributed by atoms with E-state index < -0.39 is 0 Å². The van der Waals surface area contributed by atoms with Crippen LogP contribution >= 0.6 is 0 Å². The molecule has 1 aliphatic heterocycles. The Morgan fingerprint density at radius 3 is 2.96 bits per heavy atom. The van der Waals surface area contributed by atoms with Gasteiger partial charge in [-0.15, -0.1) is 5.10 Å². The minimum Gasteiger partial charge on any atom is -0.353 e. The second-order valence-corrected chi connectivity index (χ2v) is 6.06. The Bertz CT molecular complexity index is 674. The molecule has 0 bridgehead atoms. The number of amides is 1. The highest BCUT2D eigenvalue weighted by Crippen LogP contribution is 2.18. The molecule has 0 saturated carbocycles. The molecule has 1 aliphatic rings. The fraction of sp³-hybridized carbons (Fsp3) is 0.562. The van der Waals surface area contributed by atoms with Crippen molar-refractivity contribution in [2.24, 2.45) is 5.73 Å². The molecule has 1 fully saturated rings. The van der Waals surface area contributed by atoms with Crippen LogP contribution in [0, 0.1) is 6.92 Å². The average molecular weight is 316 g/mol. The van der Waals surface area contributed by atoms with Crippen LogP contribution in [0.3, 0.4) is 0 Å². The van der Waals surface area contributed by atoms with Crippen molar-refractivity contribution in [3.05, 3.63) is 24.0 Å². The third-order valence-electron chi connectivity index (χ3n) is 4.31. The molecule has 23 heavy (non-hydrogen) atoms. The highest BCUT2D eigenvalue weighted by atomic mass is 16.1. The first kappa shape index (κ1) is 15.7. The van der Waals surface area contributed by atoms with Crippen LogP contribution in [0.2, 0.25) is 0 Å². The highest BCUT2D eigenvalue weighted by molar-refractivity contribution is 5.76. The van der Waals surface area contributed by atoms with Crippen LogP contribution in [-0.4, -0.2) is 46.2 Å². The number of nitrogens with two attached hydrogens (primary N) is 1. The van der Waals surface area contributed by atoms with Gasteiger partial charge in [0.2, 0.25) is 11.9 Å². The summed E-state index contributed by atoms with van der Waals surface area (Å²) in [5, 5.41) is 7.67. The zero-order chi connectivity index (χ0) is 16.2. The first-order valence-electron chi connectivity index (χ1n) is 8.24. The molecule has 124 valence electrons. The van der Waals surface area contributed by atoms with Gasteiger partial charge in [0, 0.05) is 31.7 Å². The number of hydrogen-bond acceptors (Lipinski definition) is 5. The van der Waals surface area contributed by atoms with Crippen LogP contribution in [0.1, 0.15) is 31.4 Å². The minimum absolute atomic E-state index is 0.106. The Kier molecular flexibility index (Phi) is 4.76. The smallest absolute Gasteiger partial charge is 0.243 e. The molecule has 2 aromatic rings.